The maximum Gasteiger partial charge on any atom is 0.241 e. The van der Waals surface area contributed by atoms with Crippen LogP contribution in [0.25, 0.3) is 0 Å². The minimum Gasteiger partial charge on any atom is -0.325 e. The van der Waals surface area contributed by atoms with Crippen LogP contribution in [0.4, 0.5) is 15.8 Å². The van der Waals surface area contributed by atoms with Crippen molar-refractivity contribution < 1.29 is 18.8 Å². The summed E-state index contributed by atoms with van der Waals surface area (Å²) in [5.41, 5.74) is 1.60. The van der Waals surface area contributed by atoms with Gasteiger partial charge in [-0.1, -0.05) is 12.1 Å². The van der Waals surface area contributed by atoms with Crippen LogP contribution in [0.15, 0.2) is 42.5 Å². The molecule has 0 fully saturated rings. The smallest absolute Gasteiger partial charge is 0.241 e. The highest BCUT2D eigenvalue weighted by atomic mass is 19.1. The number of benzene rings is 2. The van der Waals surface area contributed by atoms with E-state index < -0.39 is 23.5 Å². The van der Waals surface area contributed by atoms with Crippen molar-refractivity contribution in [3.05, 3.63) is 59.4 Å². The number of rotatable bonds is 3. The molecule has 1 aliphatic rings. The van der Waals surface area contributed by atoms with Gasteiger partial charge in [-0.05, 0) is 42.8 Å². The molecule has 1 heterocycles. The third-order valence-electron chi connectivity index (χ3n) is 3.67. The van der Waals surface area contributed by atoms with Crippen LogP contribution in [0.1, 0.15) is 28.8 Å². The molecule has 1 unspecified atom stereocenters. The molecule has 0 saturated heterocycles. The van der Waals surface area contributed by atoms with Gasteiger partial charge in [-0.3, -0.25) is 14.4 Å². The van der Waals surface area contributed by atoms with E-state index in [1.165, 1.54) is 31.2 Å². The zero-order chi connectivity index (χ0) is 16.6. The molecule has 1 aliphatic heterocycles. The average Bonchev–Trinajstić information content (AvgIpc) is 2.85. The first-order chi connectivity index (χ1) is 11.0. The Labute approximate surface area is 131 Å². The molecular formula is C17H13FN2O3. The van der Waals surface area contributed by atoms with Crippen molar-refractivity contribution in [3.63, 3.8) is 0 Å². The predicted molar refractivity (Wildman–Crippen MR) is 82.8 cm³/mol. The van der Waals surface area contributed by atoms with Crippen molar-refractivity contribution >= 4 is 29.0 Å². The molecule has 2 aromatic rings. The van der Waals surface area contributed by atoms with Gasteiger partial charge in [-0.15, -0.1) is 0 Å². The lowest BCUT2D eigenvalue weighted by molar-refractivity contribution is -0.125. The Morgan fingerprint density at radius 3 is 2.48 bits per heavy atom. The Bertz CT molecular complexity index is 815. The molecule has 0 spiro atoms. The van der Waals surface area contributed by atoms with E-state index in [-0.39, 0.29) is 5.78 Å². The molecule has 0 saturated carbocycles. The largest absolute Gasteiger partial charge is 0.325 e. The standard InChI is InChI=1S/C17H13FN2O3/c1-9(21)12-3-2-4-13-14(17(23)20-15(12)13)16(22)19-11-7-5-10(18)6-8-11/h2-8,14H,1H3,(H,19,22)(H,20,23). The summed E-state index contributed by atoms with van der Waals surface area (Å²) in [5, 5.41) is 5.17. The number of hydrogen-bond acceptors (Lipinski definition) is 3. The van der Waals surface area contributed by atoms with Gasteiger partial charge in [-0.25, -0.2) is 4.39 Å². The van der Waals surface area contributed by atoms with Gasteiger partial charge in [0.25, 0.3) is 0 Å². The van der Waals surface area contributed by atoms with Crippen molar-refractivity contribution in [3.8, 4) is 0 Å². The van der Waals surface area contributed by atoms with Gasteiger partial charge in [0.15, 0.2) is 5.78 Å². The molecule has 6 heteroatoms. The van der Waals surface area contributed by atoms with Crippen molar-refractivity contribution in [2.45, 2.75) is 12.8 Å². The number of nitrogens with one attached hydrogen (secondary N) is 2. The fourth-order valence-corrected chi connectivity index (χ4v) is 2.59. The Hall–Kier alpha value is -3.02. The van der Waals surface area contributed by atoms with Crippen molar-refractivity contribution in [2.24, 2.45) is 0 Å². The third kappa shape index (κ3) is 2.70. The van der Waals surface area contributed by atoms with E-state index in [2.05, 4.69) is 10.6 Å². The molecule has 5 nitrogen and oxygen atoms in total. The van der Waals surface area contributed by atoms with Crippen LogP contribution in [0.5, 0.6) is 0 Å². The number of halogens is 1. The fraction of sp³-hybridized carbons (Fsp3) is 0.118. The Morgan fingerprint density at radius 2 is 1.83 bits per heavy atom. The zero-order valence-corrected chi connectivity index (χ0v) is 12.2. The molecule has 0 radical (unpaired) electrons. The van der Waals surface area contributed by atoms with Gasteiger partial charge < -0.3 is 10.6 Å². The number of anilines is 2. The summed E-state index contributed by atoms with van der Waals surface area (Å²) in [5.74, 6) is -2.68. The van der Waals surface area contributed by atoms with Crippen LogP contribution in [0, 0.1) is 5.82 Å². The Balaban J connectivity index is 1.91. The van der Waals surface area contributed by atoms with Crippen molar-refractivity contribution in [2.75, 3.05) is 10.6 Å². The molecule has 2 amide bonds. The zero-order valence-electron chi connectivity index (χ0n) is 12.2. The van der Waals surface area contributed by atoms with Gasteiger partial charge in [0, 0.05) is 11.3 Å². The lowest BCUT2D eigenvalue weighted by Gasteiger charge is -2.10. The lowest BCUT2D eigenvalue weighted by atomic mass is 9.96. The second-order valence-electron chi connectivity index (χ2n) is 5.24. The van der Waals surface area contributed by atoms with E-state index in [1.54, 1.807) is 18.2 Å². The van der Waals surface area contributed by atoms with E-state index >= 15 is 0 Å². The van der Waals surface area contributed by atoms with Gasteiger partial charge in [0.2, 0.25) is 11.8 Å². The normalized spacial score (nSPS) is 15.7. The molecular weight excluding hydrogens is 299 g/mol. The molecule has 23 heavy (non-hydrogen) atoms. The summed E-state index contributed by atoms with van der Waals surface area (Å²) in [4.78, 5) is 36.2. The first-order valence-corrected chi connectivity index (χ1v) is 6.98. The molecule has 0 bridgehead atoms. The molecule has 1 atom stereocenters. The van der Waals surface area contributed by atoms with Gasteiger partial charge in [0.1, 0.15) is 11.7 Å². The van der Waals surface area contributed by atoms with Gasteiger partial charge in [0.05, 0.1) is 5.69 Å². The first kappa shape index (κ1) is 14.9. The summed E-state index contributed by atoms with van der Waals surface area (Å²) in [7, 11) is 0. The van der Waals surface area contributed by atoms with Gasteiger partial charge >= 0.3 is 0 Å². The topological polar surface area (TPSA) is 75.3 Å². The molecule has 0 aromatic heterocycles. The van der Waals surface area contributed by atoms with Crippen LogP contribution in [-0.4, -0.2) is 17.6 Å². The SMILES string of the molecule is CC(=O)c1cccc2c1NC(=O)C2C(=O)Nc1ccc(F)cc1. The number of Topliss-reactive ketones (excluding diaryl/α,β-unsaturated/α-hetero) is 1. The second kappa shape index (κ2) is 5.64. The van der Waals surface area contributed by atoms with E-state index in [9.17, 15) is 18.8 Å². The lowest BCUT2D eigenvalue weighted by Crippen LogP contribution is -2.26. The predicted octanol–water partition coefficient (Wildman–Crippen LogP) is 2.70. The van der Waals surface area contributed by atoms with E-state index in [0.717, 1.165) is 0 Å². The number of ketones is 1. The Morgan fingerprint density at radius 1 is 1.13 bits per heavy atom. The minimum atomic E-state index is -1.05. The highest BCUT2D eigenvalue weighted by Gasteiger charge is 2.38. The van der Waals surface area contributed by atoms with Crippen LogP contribution >= 0.6 is 0 Å². The molecule has 0 aliphatic carbocycles. The summed E-state index contributed by atoms with van der Waals surface area (Å²) >= 11 is 0. The molecule has 2 N–H and O–H groups in total. The molecule has 2 aromatic carbocycles. The summed E-state index contributed by atoms with van der Waals surface area (Å²) < 4.78 is 12.9. The second-order valence-corrected chi connectivity index (χ2v) is 5.24. The number of amides is 2. The third-order valence-corrected chi connectivity index (χ3v) is 3.67. The van der Waals surface area contributed by atoms with Crippen LogP contribution in [0.3, 0.4) is 0 Å². The van der Waals surface area contributed by atoms with Crippen LogP contribution < -0.4 is 10.6 Å². The molecule has 116 valence electrons. The fourth-order valence-electron chi connectivity index (χ4n) is 2.59. The first-order valence-electron chi connectivity index (χ1n) is 6.98. The quantitative estimate of drug-likeness (QED) is 0.676. The highest BCUT2D eigenvalue weighted by Crippen LogP contribution is 2.36. The maximum atomic E-state index is 12.9. The summed E-state index contributed by atoms with van der Waals surface area (Å²) in [6.45, 7) is 1.40. The maximum absolute atomic E-state index is 12.9. The number of carbonyl (C=O) groups is 3. The summed E-state index contributed by atoms with van der Waals surface area (Å²) in [6.07, 6.45) is 0. The average molecular weight is 312 g/mol. The number of hydrogen-bond donors (Lipinski definition) is 2. The van der Waals surface area contributed by atoms with E-state index in [0.29, 0.717) is 22.5 Å². The van der Waals surface area contributed by atoms with Crippen molar-refractivity contribution in [1.29, 1.82) is 0 Å². The van der Waals surface area contributed by atoms with Crippen LogP contribution in [0.2, 0.25) is 0 Å². The number of para-hydroxylation sites is 1. The number of carbonyl (C=O) groups excluding carboxylic acids is 3. The Kier molecular flexibility index (Phi) is 3.65. The van der Waals surface area contributed by atoms with E-state index in [4.69, 9.17) is 0 Å². The van der Waals surface area contributed by atoms with E-state index in [1.807, 2.05) is 0 Å². The summed E-state index contributed by atoms with van der Waals surface area (Å²) in [6, 6.07) is 10.1. The minimum absolute atomic E-state index is 0.193. The monoisotopic (exact) mass is 312 g/mol. The number of fused-ring (bicyclic) bond motifs is 1. The highest BCUT2D eigenvalue weighted by molar-refractivity contribution is 6.21. The van der Waals surface area contributed by atoms with Gasteiger partial charge in [-0.2, -0.15) is 0 Å². The van der Waals surface area contributed by atoms with Crippen LogP contribution in [-0.2, 0) is 9.59 Å². The van der Waals surface area contributed by atoms with Crippen molar-refractivity contribution in [1.82, 2.24) is 0 Å². The molecule has 3 rings (SSSR count).